The predicted octanol–water partition coefficient (Wildman–Crippen LogP) is -0.893. The van der Waals surface area contributed by atoms with E-state index in [1.807, 2.05) is 0 Å². The zero-order valence-corrected chi connectivity index (χ0v) is 13.7. The van der Waals surface area contributed by atoms with Crippen LogP contribution in [0.4, 0.5) is 5.69 Å². The number of methoxy groups -OCH3 is 1. The van der Waals surface area contributed by atoms with E-state index in [1.165, 1.54) is 12.0 Å². The first-order chi connectivity index (χ1) is 11.5. The van der Waals surface area contributed by atoms with Crippen LogP contribution < -0.4 is 20.3 Å². The maximum Gasteiger partial charge on any atom is 0.292 e. The third-order valence-electron chi connectivity index (χ3n) is 5.00. The van der Waals surface area contributed by atoms with Crippen molar-refractivity contribution in [3.05, 3.63) is 24.3 Å². The number of primary amides is 1. The van der Waals surface area contributed by atoms with Gasteiger partial charge in [0, 0.05) is 18.8 Å². The van der Waals surface area contributed by atoms with Crippen LogP contribution in [0.5, 0.6) is 5.75 Å². The normalized spacial score (nSPS) is 27.4. The minimum Gasteiger partial charge on any atom is -0.495 e. The van der Waals surface area contributed by atoms with Gasteiger partial charge in [-0.25, -0.2) is 4.90 Å². The van der Waals surface area contributed by atoms with Gasteiger partial charge >= 0.3 is 0 Å². The summed E-state index contributed by atoms with van der Waals surface area (Å²) in [6.07, 6.45) is 1.52. The number of piperidine rings is 1. The summed E-state index contributed by atoms with van der Waals surface area (Å²) in [5, 5.41) is 0. The van der Waals surface area contributed by atoms with E-state index >= 15 is 0 Å². The van der Waals surface area contributed by atoms with E-state index in [2.05, 4.69) is 0 Å². The minimum absolute atomic E-state index is 0.119. The Kier molecular flexibility index (Phi) is 4.53. The highest BCUT2D eigenvalue weighted by molar-refractivity contribution is 6.22. The molecule has 7 nitrogen and oxygen atoms in total. The molecule has 0 aromatic heterocycles. The lowest BCUT2D eigenvalue weighted by Gasteiger charge is -2.30. The second kappa shape index (κ2) is 6.60. The Labute approximate surface area is 140 Å². The lowest BCUT2D eigenvalue weighted by Crippen LogP contribution is -3.17. The molecular formula is C17H22N3O4+. The van der Waals surface area contributed by atoms with Crippen LogP contribution in [0.25, 0.3) is 0 Å². The standard InChI is InChI=1S/C17H21N3O4/c1-24-14-5-3-2-4-12(14)20-15(21)10-13(17(20)23)19-8-6-11(7-9-19)16(18)22/h2-5,11,13H,6-10H2,1H3,(H2,18,22)/p+1/t13-/m1/s1. The Morgan fingerprint density at radius 3 is 2.54 bits per heavy atom. The van der Waals surface area contributed by atoms with Crippen LogP contribution in [0, 0.1) is 5.92 Å². The molecule has 0 aliphatic carbocycles. The lowest BCUT2D eigenvalue weighted by molar-refractivity contribution is -0.920. The number of nitrogens with zero attached hydrogens (tertiary/aromatic N) is 1. The third-order valence-corrected chi connectivity index (χ3v) is 5.00. The Bertz CT molecular complexity index is 668. The highest BCUT2D eigenvalue weighted by Crippen LogP contribution is 2.31. The number of carbonyl (C=O) groups is 3. The zero-order chi connectivity index (χ0) is 17.3. The van der Waals surface area contributed by atoms with E-state index in [9.17, 15) is 14.4 Å². The molecule has 0 unspecified atom stereocenters. The van der Waals surface area contributed by atoms with Crippen LogP contribution in [0.2, 0.25) is 0 Å². The molecular weight excluding hydrogens is 310 g/mol. The average molecular weight is 332 g/mol. The van der Waals surface area contributed by atoms with Crippen molar-refractivity contribution in [2.24, 2.45) is 11.7 Å². The summed E-state index contributed by atoms with van der Waals surface area (Å²) in [5.41, 5.74) is 5.84. The molecule has 3 amide bonds. The molecule has 1 atom stereocenters. The molecule has 7 heteroatoms. The van der Waals surface area contributed by atoms with Crippen LogP contribution in [0.3, 0.4) is 0 Å². The number of nitrogens with two attached hydrogens (primary N) is 1. The largest absolute Gasteiger partial charge is 0.495 e. The zero-order valence-electron chi connectivity index (χ0n) is 13.7. The number of anilines is 1. The smallest absolute Gasteiger partial charge is 0.292 e. The van der Waals surface area contributed by atoms with Gasteiger partial charge in [-0.1, -0.05) is 12.1 Å². The van der Waals surface area contributed by atoms with E-state index < -0.39 is 6.04 Å². The summed E-state index contributed by atoms with van der Waals surface area (Å²) < 4.78 is 5.27. The lowest BCUT2D eigenvalue weighted by atomic mass is 9.95. The summed E-state index contributed by atoms with van der Waals surface area (Å²) in [4.78, 5) is 38.8. The van der Waals surface area contributed by atoms with Crippen LogP contribution in [0.15, 0.2) is 24.3 Å². The first-order valence-electron chi connectivity index (χ1n) is 8.16. The van der Waals surface area contributed by atoms with Crippen molar-refractivity contribution in [2.45, 2.75) is 25.3 Å². The van der Waals surface area contributed by atoms with Crippen molar-refractivity contribution >= 4 is 23.4 Å². The predicted molar refractivity (Wildman–Crippen MR) is 86.5 cm³/mol. The number of hydrogen-bond donors (Lipinski definition) is 2. The molecule has 2 aliphatic rings. The van der Waals surface area contributed by atoms with Gasteiger partial charge in [0.05, 0.1) is 32.3 Å². The van der Waals surface area contributed by atoms with Gasteiger partial charge in [-0.05, 0) is 12.1 Å². The molecule has 0 bridgehead atoms. The number of nitrogens with one attached hydrogen (secondary N) is 1. The van der Waals surface area contributed by atoms with Gasteiger partial charge in [-0.3, -0.25) is 14.4 Å². The molecule has 0 radical (unpaired) electrons. The molecule has 2 heterocycles. The fourth-order valence-corrected chi connectivity index (χ4v) is 3.64. The van der Waals surface area contributed by atoms with Crippen molar-refractivity contribution in [1.29, 1.82) is 0 Å². The molecule has 128 valence electrons. The molecule has 3 N–H and O–H groups in total. The van der Waals surface area contributed by atoms with Crippen LogP contribution in [-0.2, 0) is 14.4 Å². The molecule has 0 saturated carbocycles. The van der Waals surface area contributed by atoms with Crippen molar-refractivity contribution < 1.29 is 24.0 Å². The van der Waals surface area contributed by atoms with Crippen LogP contribution in [0.1, 0.15) is 19.3 Å². The maximum atomic E-state index is 12.8. The third kappa shape index (κ3) is 2.87. The van der Waals surface area contributed by atoms with Gasteiger partial charge in [0.2, 0.25) is 11.8 Å². The van der Waals surface area contributed by atoms with Gasteiger partial charge in [-0.15, -0.1) is 0 Å². The van der Waals surface area contributed by atoms with E-state index in [-0.39, 0.29) is 30.1 Å². The first-order valence-corrected chi connectivity index (χ1v) is 8.16. The molecule has 3 rings (SSSR count). The molecule has 0 spiro atoms. The SMILES string of the molecule is COc1ccccc1N1C(=O)C[C@@H]([NH+]2CCC(C(N)=O)CC2)C1=O. The van der Waals surface area contributed by atoms with Crippen molar-refractivity contribution in [2.75, 3.05) is 25.1 Å². The molecule has 1 aromatic rings. The van der Waals surface area contributed by atoms with Gasteiger partial charge in [0.15, 0.2) is 6.04 Å². The number of hydrogen-bond acceptors (Lipinski definition) is 4. The minimum atomic E-state index is -0.392. The number of carbonyl (C=O) groups excluding carboxylic acids is 3. The van der Waals surface area contributed by atoms with Gasteiger partial charge in [0.25, 0.3) is 5.91 Å². The number of imide groups is 1. The van der Waals surface area contributed by atoms with E-state index in [4.69, 9.17) is 10.5 Å². The van der Waals surface area contributed by atoms with Crippen molar-refractivity contribution in [1.82, 2.24) is 0 Å². The van der Waals surface area contributed by atoms with Gasteiger partial charge < -0.3 is 15.4 Å². The van der Waals surface area contributed by atoms with E-state index in [0.717, 1.165) is 4.90 Å². The number of benzene rings is 1. The van der Waals surface area contributed by atoms with Gasteiger partial charge in [-0.2, -0.15) is 0 Å². The molecule has 2 aliphatic heterocycles. The fourth-order valence-electron chi connectivity index (χ4n) is 3.64. The Morgan fingerprint density at radius 1 is 1.25 bits per heavy atom. The number of amides is 3. The highest BCUT2D eigenvalue weighted by atomic mass is 16.5. The summed E-state index contributed by atoms with van der Waals surface area (Å²) in [6.45, 7) is 1.36. The average Bonchev–Trinajstić information content (AvgIpc) is 2.89. The molecule has 1 aromatic carbocycles. The summed E-state index contributed by atoms with van der Waals surface area (Å²) in [6, 6.07) is 6.62. The van der Waals surface area contributed by atoms with E-state index in [0.29, 0.717) is 37.4 Å². The van der Waals surface area contributed by atoms with Crippen molar-refractivity contribution in [3.8, 4) is 5.75 Å². The monoisotopic (exact) mass is 332 g/mol. The number of likely N-dealkylation sites (tertiary alicyclic amines) is 1. The summed E-state index contributed by atoms with van der Waals surface area (Å²) in [5.74, 6) is -0.303. The second-order valence-electron chi connectivity index (χ2n) is 6.33. The van der Waals surface area contributed by atoms with Gasteiger partial charge in [0.1, 0.15) is 5.75 Å². The summed E-state index contributed by atoms with van der Waals surface area (Å²) in [7, 11) is 1.52. The first kappa shape index (κ1) is 16.4. The molecule has 2 saturated heterocycles. The maximum absolute atomic E-state index is 12.8. The van der Waals surface area contributed by atoms with E-state index in [1.54, 1.807) is 24.3 Å². The Morgan fingerprint density at radius 2 is 1.92 bits per heavy atom. The topological polar surface area (TPSA) is 94.1 Å². The Balaban J connectivity index is 1.76. The second-order valence-corrected chi connectivity index (χ2v) is 6.33. The number of ether oxygens (including phenoxy) is 1. The quantitative estimate of drug-likeness (QED) is 0.699. The van der Waals surface area contributed by atoms with Crippen LogP contribution >= 0.6 is 0 Å². The van der Waals surface area contributed by atoms with Crippen LogP contribution in [-0.4, -0.2) is 44.0 Å². The number of para-hydroxylation sites is 2. The Hall–Kier alpha value is -2.41. The molecule has 24 heavy (non-hydrogen) atoms. The highest BCUT2D eigenvalue weighted by Gasteiger charge is 2.47. The number of quaternary nitrogens is 1. The fraction of sp³-hybridized carbons (Fsp3) is 0.471. The van der Waals surface area contributed by atoms with Crippen molar-refractivity contribution in [3.63, 3.8) is 0 Å². The number of rotatable bonds is 4. The summed E-state index contributed by atoms with van der Waals surface area (Å²) >= 11 is 0. The molecule has 2 fully saturated rings.